The van der Waals surface area contributed by atoms with Crippen molar-refractivity contribution in [2.75, 3.05) is 27.2 Å². The van der Waals surface area contributed by atoms with Crippen LogP contribution in [0.3, 0.4) is 0 Å². The lowest BCUT2D eigenvalue weighted by Crippen LogP contribution is -2.50. The molecule has 3 rings (SSSR count). The molecule has 2 aromatic rings. The Hall–Kier alpha value is -2.67. The van der Waals surface area contributed by atoms with E-state index in [0.29, 0.717) is 25.2 Å². The van der Waals surface area contributed by atoms with Crippen LogP contribution in [0.1, 0.15) is 29.8 Å². The smallest absolute Gasteiger partial charge is 0.303 e. The molecule has 1 fully saturated rings. The monoisotopic (exact) mass is 384 g/mol. The number of aliphatic carboxylic acids is 1. The molecular formula is C21H28N4O3. The van der Waals surface area contributed by atoms with Gasteiger partial charge in [0, 0.05) is 32.6 Å². The van der Waals surface area contributed by atoms with Crippen molar-refractivity contribution in [3.63, 3.8) is 0 Å². The summed E-state index contributed by atoms with van der Waals surface area (Å²) < 4.78 is 1.73. The van der Waals surface area contributed by atoms with Crippen molar-refractivity contribution in [1.29, 1.82) is 0 Å². The zero-order valence-electron chi connectivity index (χ0n) is 16.7. The number of nitrogens with zero attached hydrogens (tertiary/aromatic N) is 4. The van der Waals surface area contributed by atoms with E-state index in [4.69, 9.17) is 5.11 Å². The molecule has 1 aromatic carbocycles. The van der Waals surface area contributed by atoms with E-state index in [1.807, 2.05) is 62.4 Å². The minimum absolute atomic E-state index is 0.0877. The van der Waals surface area contributed by atoms with Crippen LogP contribution in [0.25, 0.3) is 11.3 Å². The number of hydrogen-bond acceptors (Lipinski definition) is 4. The number of aryl methyl sites for hydroxylation is 1. The van der Waals surface area contributed by atoms with Gasteiger partial charge in [0.15, 0.2) is 5.69 Å². The number of rotatable bonds is 6. The Kier molecular flexibility index (Phi) is 6.14. The van der Waals surface area contributed by atoms with Crippen LogP contribution in [0.2, 0.25) is 0 Å². The van der Waals surface area contributed by atoms with E-state index >= 15 is 0 Å². The minimum atomic E-state index is -0.793. The van der Waals surface area contributed by atoms with E-state index in [0.717, 1.165) is 17.7 Å². The highest BCUT2D eigenvalue weighted by Gasteiger charge is 2.34. The first-order chi connectivity index (χ1) is 13.4. The van der Waals surface area contributed by atoms with Gasteiger partial charge >= 0.3 is 5.97 Å². The van der Waals surface area contributed by atoms with Crippen molar-refractivity contribution >= 4 is 11.9 Å². The molecule has 1 saturated heterocycles. The van der Waals surface area contributed by atoms with Crippen molar-refractivity contribution in [2.24, 2.45) is 13.0 Å². The van der Waals surface area contributed by atoms with Crippen molar-refractivity contribution in [2.45, 2.75) is 25.3 Å². The number of carboxylic acid groups (broad SMARTS) is 1. The standard InChI is InChI=1S/C21H28N4O3/c1-23(2)18-11-12-25(14-16(18)9-10-20(26)27)21(28)17-13-19(24(3)22-17)15-7-5-4-6-8-15/h4-8,13,16,18H,9-12,14H2,1-3H3,(H,26,27)/t16-,18+/m0/s1. The fraction of sp³-hybridized carbons (Fsp3) is 0.476. The number of hydrogen-bond donors (Lipinski definition) is 1. The molecule has 0 aliphatic carbocycles. The van der Waals surface area contributed by atoms with Crippen LogP contribution in [0.4, 0.5) is 0 Å². The van der Waals surface area contributed by atoms with Gasteiger partial charge in [-0.1, -0.05) is 30.3 Å². The Morgan fingerprint density at radius 2 is 1.96 bits per heavy atom. The van der Waals surface area contributed by atoms with E-state index in [1.165, 1.54) is 0 Å². The van der Waals surface area contributed by atoms with E-state index in [-0.39, 0.29) is 24.3 Å². The van der Waals surface area contributed by atoms with Gasteiger partial charge in [-0.3, -0.25) is 14.3 Å². The van der Waals surface area contributed by atoms with Gasteiger partial charge in [0.05, 0.1) is 5.69 Å². The Morgan fingerprint density at radius 3 is 2.61 bits per heavy atom. The topological polar surface area (TPSA) is 78.7 Å². The second-order valence-electron chi connectivity index (χ2n) is 7.67. The van der Waals surface area contributed by atoms with E-state index in [9.17, 15) is 9.59 Å². The molecule has 0 saturated carbocycles. The first-order valence-corrected chi connectivity index (χ1v) is 9.63. The minimum Gasteiger partial charge on any atom is -0.481 e. The number of amides is 1. The number of benzene rings is 1. The molecular weight excluding hydrogens is 356 g/mol. The predicted octanol–water partition coefficient (Wildman–Crippen LogP) is 2.34. The number of likely N-dealkylation sites (tertiary alicyclic amines) is 1. The maximum atomic E-state index is 13.1. The maximum absolute atomic E-state index is 13.1. The van der Waals surface area contributed by atoms with Gasteiger partial charge in [0.25, 0.3) is 5.91 Å². The normalized spacial score (nSPS) is 19.8. The molecule has 1 aromatic heterocycles. The zero-order chi connectivity index (χ0) is 20.3. The molecule has 150 valence electrons. The summed E-state index contributed by atoms with van der Waals surface area (Å²) in [5.74, 6) is -0.741. The third-order valence-electron chi connectivity index (χ3n) is 5.54. The lowest BCUT2D eigenvalue weighted by Gasteiger charge is -2.41. The van der Waals surface area contributed by atoms with Crippen molar-refractivity contribution in [3.05, 3.63) is 42.1 Å². The molecule has 1 aliphatic rings. The maximum Gasteiger partial charge on any atom is 0.303 e. The van der Waals surface area contributed by atoms with E-state index < -0.39 is 5.97 Å². The molecule has 1 N–H and O–H groups in total. The zero-order valence-corrected chi connectivity index (χ0v) is 16.7. The van der Waals surface area contributed by atoms with Crippen LogP contribution in [-0.4, -0.2) is 69.8 Å². The molecule has 1 amide bonds. The van der Waals surface area contributed by atoms with E-state index in [1.54, 1.807) is 4.68 Å². The molecule has 0 bridgehead atoms. The SMILES string of the molecule is CN(C)[C@@H]1CCN(C(=O)c2cc(-c3ccccc3)n(C)n2)C[C@@H]1CCC(=O)O. The number of carboxylic acids is 1. The number of carbonyl (C=O) groups excluding carboxylic acids is 1. The van der Waals surface area contributed by atoms with Gasteiger partial charge in [0.1, 0.15) is 0 Å². The molecule has 2 heterocycles. The Morgan fingerprint density at radius 1 is 1.25 bits per heavy atom. The molecule has 7 heteroatoms. The summed E-state index contributed by atoms with van der Waals surface area (Å²) in [5.41, 5.74) is 2.35. The van der Waals surface area contributed by atoms with Gasteiger partial charge in [-0.25, -0.2) is 0 Å². The van der Waals surface area contributed by atoms with Crippen LogP contribution in [0.15, 0.2) is 36.4 Å². The van der Waals surface area contributed by atoms with Gasteiger partial charge in [-0.2, -0.15) is 5.10 Å². The van der Waals surface area contributed by atoms with Crippen LogP contribution >= 0.6 is 0 Å². The van der Waals surface area contributed by atoms with Gasteiger partial charge in [-0.15, -0.1) is 0 Å². The lowest BCUT2D eigenvalue weighted by atomic mass is 9.87. The van der Waals surface area contributed by atoms with Crippen LogP contribution in [0.5, 0.6) is 0 Å². The Labute approximate surface area is 165 Å². The first kappa shape index (κ1) is 20.1. The van der Waals surface area contributed by atoms with Crippen LogP contribution in [-0.2, 0) is 11.8 Å². The Balaban J connectivity index is 1.76. The fourth-order valence-electron chi connectivity index (χ4n) is 4.09. The summed E-state index contributed by atoms with van der Waals surface area (Å²) in [6.45, 7) is 1.22. The molecule has 0 radical (unpaired) electrons. The van der Waals surface area contributed by atoms with Crippen molar-refractivity contribution in [3.8, 4) is 11.3 Å². The summed E-state index contributed by atoms with van der Waals surface area (Å²) in [7, 11) is 5.87. The quantitative estimate of drug-likeness (QED) is 0.827. The number of aromatic nitrogens is 2. The molecule has 28 heavy (non-hydrogen) atoms. The predicted molar refractivity (Wildman–Crippen MR) is 107 cm³/mol. The van der Waals surface area contributed by atoms with Gasteiger partial charge < -0.3 is 14.9 Å². The second kappa shape index (κ2) is 8.56. The first-order valence-electron chi connectivity index (χ1n) is 9.63. The molecule has 0 spiro atoms. The fourth-order valence-corrected chi connectivity index (χ4v) is 4.09. The van der Waals surface area contributed by atoms with Gasteiger partial charge in [0.2, 0.25) is 0 Å². The highest BCUT2D eigenvalue weighted by molar-refractivity contribution is 5.93. The molecule has 2 atom stereocenters. The van der Waals surface area contributed by atoms with Crippen molar-refractivity contribution in [1.82, 2.24) is 19.6 Å². The summed E-state index contributed by atoms with van der Waals surface area (Å²) >= 11 is 0. The summed E-state index contributed by atoms with van der Waals surface area (Å²) in [4.78, 5) is 28.1. The summed E-state index contributed by atoms with van der Waals surface area (Å²) in [5, 5.41) is 13.5. The highest BCUT2D eigenvalue weighted by atomic mass is 16.4. The highest BCUT2D eigenvalue weighted by Crippen LogP contribution is 2.27. The number of carbonyl (C=O) groups is 2. The number of piperidine rings is 1. The second-order valence-corrected chi connectivity index (χ2v) is 7.67. The largest absolute Gasteiger partial charge is 0.481 e. The molecule has 0 unspecified atom stereocenters. The molecule has 1 aliphatic heterocycles. The van der Waals surface area contributed by atoms with E-state index in [2.05, 4.69) is 10.00 Å². The Bertz CT molecular complexity index is 831. The van der Waals surface area contributed by atoms with Gasteiger partial charge in [-0.05, 0) is 44.5 Å². The molecule has 7 nitrogen and oxygen atoms in total. The average molecular weight is 384 g/mol. The third kappa shape index (κ3) is 4.42. The third-order valence-corrected chi connectivity index (χ3v) is 5.54. The average Bonchev–Trinajstić information content (AvgIpc) is 3.07. The summed E-state index contributed by atoms with van der Waals surface area (Å²) in [6.07, 6.45) is 1.53. The van der Waals surface area contributed by atoms with Crippen molar-refractivity contribution < 1.29 is 14.7 Å². The lowest BCUT2D eigenvalue weighted by molar-refractivity contribution is -0.137. The summed E-state index contributed by atoms with van der Waals surface area (Å²) in [6, 6.07) is 12.0. The van der Waals surface area contributed by atoms with Crippen LogP contribution in [0, 0.1) is 5.92 Å². The van der Waals surface area contributed by atoms with Crippen LogP contribution < -0.4 is 0 Å².